The van der Waals surface area contributed by atoms with Gasteiger partial charge in [0.2, 0.25) is 0 Å². The lowest BCUT2D eigenvalue weighted by Crippen LogP contribution is -2.19. The fourth-order valence-electron chi connectivity index (χ4n) is 1.72. The highest BCUT2D eigenvalue weighted by Crippen LogP contribution is 2.28. The lowest BCUT2D eigenvalue weighted by molar-refractivity contribution is -0.274. The summed E-state index contributed by atoms with van der Waals surface area (Å²) < 4.78 is 40.8. The van der Waals surface area contributed by atoms with Crippen molar-refractivity contribution in [2.24, 2.45) is 0 Å². The first-order valence-electron chi connectivity index (χ1n) is 5.62. The van der Waals surface area contributed by atoms with Crippen LogP contribution < -0.4 is 10.5 Å². The Balaban J connectivity index is 2.43. The van der Waals surface area contributed by atoms with Crippen molar-refractivity contribution in [1.82, 2.24) is 0 Å². The van der Waals surface area contributed by atoms with E-state index in [9.17, 15) is 18.0 Å². The van der Waals surface area contributed by atoms with Crippen molar-refractivity contribution < 1.29 is 22.7 Å². The van der Waals surface area contributed by atoms with Gasteiger partial charge >= 0.3 is 6.36 Å². The Labute approximate surface area is 112 Å². The standard InChI is InChI=1S/C14H10F3NO2/c15-14(16,17)20-12-8-4-2-6-10(12)13(19)9-5-1-3-7-11(9)18/h1-8H,18H2. The van der Waals surface area contributed by atoms with Crippen LogP contribution in [0, 0.1) is 0 Å². The average Bonchev–Trinajstić information content (AvgIpc) is 2.37. The van der Waals surface area contributed by atoms with E-state index >= 15 is 0 Å². The minimum absolute atomic E-state index is 0.130. The monoisotopic (exact) mass is 281 g/mol. The number of para-hydroxylation sites is 2. The highest BCUT2D eigenvalue weighted by Gasteiger charge is 2.33. The maximum Gasteiger partial charge on any atom is 0.573 e. The summed E-state index contributed by atoms with van der Waals surface area (Å²) in [7, 11) is 0. The number of nitrogen functional groups attached to an aromatic ring is 1. The number of benzene rings is 2. The number of hydrogen-bond acceptors (Lipinski definition) is 3. The molecular weight excluding hydrogens is 271 g/mol. The zero-order chi connectivity index (χ0) is 14.8. The summed E-state index contributed by atoms with van der Waals surface area (Å²) >= 11 is 0. The van der Waals surface area contributed by atoms with E-state index in [1.54, 1.807) is 12.1 Å². The zero-order valence-corrected chi connectivity index (χ0v) is 10.1. The van der Waals surface area contributed by atoms with Gasteiger partial charge in [-0.2, -0.15) is 0 Å². The predicted octanol–water partition coefficient (Wildman–Crippen LogP) is 3.40. The first-order chi connectivity index (χ1) is 9.38. The number of rotatable bonds is 3. The van der Waals surface area contributed by atoms with E-state index in [0.717, 1.165) is 6.07 Å². The predicted molar refractivity (Wildman–Crippen MR) is 67.4 cm³/mol. The summed E-state index contributed by atoms with van der Waals surface area (Å²) in [6.07, 6.45) is -4.86. The van der Waals surface area contributed by atoms with E-state index in [4.69, 9.17) is 5.73 Å². The Hall–Kier alpha value is -2.50. The van der Waals surface area contributed by atoms with Gasteiger partial charge in [-0.3, -0.25) is 4.79 Å². The molecular formula is C14H10F3NO2. The fourth-order valence-corrected chi connectivity index (χ4v) is 1.72. The Morgan fingerprint density at radius 2 is 1.50 bits per heavy atom. The third-order valence-corrected chi connectivity index (χ3v) is 2.56. The second kappa shape index (κ2) is 5.24. The third kappa shape index (κ3) is 3.09. The van der Waals surface area contributed by atoms with Gasteiger partial charge < -0.3 is 10.5 Å². The van der Waals surface area contributed by atoms with Crippen molar-refractivity contribution in [3.63, 3.8) is 0 Å². The summed E-state index contributed by atoms with van der Waals surface area (Å²) in [4.78, 5) is 12.2. The minimum Gasteiger partial charge on any atom is -0.405 e. The molecule has 0 atom stereocenters. The number of halogens is 3. The number of ketones is 1. The van der Waals surface area contributed by atoms with Gasteiger partial charge in [-0.15, -0.1) is 13.2 Å². The molecule has 6 heteroatoms. The molecule has 0 saturated heterocycles. The van der Waals surface area contributed by atoms with Crippen molar-refractivity contribution >= 4 is 11.5 Å². The highest BCUT2D eigenvalue weighted by molar-refractivity contribution is 6.13. The third-order valence-electron chi connectivity index (χ3n) is 2.56. The molecule has 0 unspecified atom stereocenters. The maximum atomic E-state index is 12.3. The summed E-state index contributed by atoms with van der Waals surface area (Å²) in [5, 5.41) is 0. The van der Waals surface area contributed by atoms with Gasteiger partial charge in [0.1, 0.15) is 5.75 Å². The normalized spacial score (nSPS) is 11.2. The molecule has 2 aromatic carbocycles. The van der Waals surface area contributed by atoms with Crippen molar-refractivity contribution in [2.75, 3.05) is 5.73 Å². The molecule has 0 aliphatic carbocycles. The number of alkyl halides is 3. The van der Waals surface area contributed by atoms with Crippen molar-refractivity contribution in [3.05, 3.63) is 59.7 Å². The molecule has 2 N–H and O–H groups in total. The van der Waals surface area contributed by atoms with Crippen LogP contribution in [0.3, 0.4) is 0 Å². The van der Waals surface area contributed by atoms with E-state index in [1.165, 1.54) is 30.3 Å². The molecule has 0 amide bonds. The fraction of sp³-hybridized carbons (Fsp3) is 0.0714. The Morgan fingerprint density at radius 3 is 2.10 bits per heavy atom. The zero-order valence-electron chi connectivity index (χ0n) is 10.1. The van der Waals surface area contributed by atoms with Crippen LogP contribution >= 0.6 is 0 Å². The van der Waals surface area contributed by atoms with Crippen molar-refractivity contribution in [3.8, 4) is 5.75 Å². The molecule has 104 valence electrons. The molecule has 0 aliphatic heterocycles. The number of carbonyl (C=O) groups is 1. The molecule has 2 aromatic rings. The van der Waals surface area contributed by atoms with E-state index in [0.29, 0.717) is 0 Å². The van der Waals surface area contributed by atoms with Crippen LogP contribution in [0.2, 0.25) is 0 Å². The van der Waals surface area contributed by atoms with Crippen LogP contribution in [0.4, 0.5) is 18.9 Å². The first-order valence-corrected chi connectivity index (χ1v) is 5.62. The molecule has 0 bridgehead atoms. The van der Waals surface area contributed by atoms with Gasteiger partial charge in [-0.25, -0.2) is 0 Å². The molecule has 0 aliphatic rings. The van der Waals surface area contributed by atoms with E-state index < -0.39 is 17.9 Å². The van der Waals surface area contributed by atoms with E-state index in [1.807, 2.05) is 0 Å². The first kappa shape index (κ1) is 13.9. The summed E-state index contributed by atoms with van der Waals surface area (Å²) in [6, 6.07) is 11.3. The van der Waals surface area contributed by atoms with Crippen molar-refractivity contribution in [2.45, 2.75) is 6.36 Å². The van der Waals surface area contributed by atoms with Crippen molar-refractivity contribution in [1.29, 1.82) is 0 Å². The van der Waals surface area contributed by atoms with Crippen LogP contribution in [0.25, 0.3) is 0 Å². The Kier molecular flexibility index (Phi) is 3.65. The van der Waals surface area contributed by atoms with Crippen LogP contribution in [0.5, 0.6) is 5.75 Å². The highest BCUT2D eigenvalue weighted by atomic mass is 19.4. The van der Waals surface area contributed by atoms with Gasteiger partial charge in [0.15, 0.2) is 5.78 Å². The largest absolute Gasteiger partial charge is 0.573 e. The number of ether oxygens (including phenoxy) is 1. The molecule has 0 radical (unpaired) electrons. The SMILES string of the molecule is Nc1ccccc1C(=O)c1ccccc1OC(F)(F)F. The Bertz CT molecular complexity index is 638. The molecule has 0 fully saturated rings. The Morgan fingerprint density at radius 1 is 0.950 bits per heavy atom. The summed E-state index contributed by atoms with van der Waals surface area (Å²) in [5.41, 5.74) is 5.78. The maximum absolute atomic E-state index is 12.3. The van der Waals surface area contributed by atoms with Crippen LogP contribution in [-0.2, 0) is 0 Å². The van der Waals surface area contributed by atoms with Gasteiger partial charge in [0, 0.05) is 11.3 Å². The molecule has 0 heterocycles. The van der Waals surface area contributed by atoms with Gasteiger partial charge in [-0.1, -0.05) is 24.3 Å². The molecule has 0 aromatic heterocycles. The van der Waals surface area contributed by atoms with Crippen LogP contribution in [0.15, 0.2) is 48.5 Å². The topological polar surface area (TPSA) is 52.3 Å². The second-order valence-corrected chi connectivity index (χ2v) is 3.96. The average molecular weight is 281 g/mol. The molecule has 3 nitrogen and oxygen atoms in total. The van der Waals surface area contributed by atoms with Gasteiger partial charge in [-0.05, 0) is 24.3 Å². The number of carbonyl (C=O) groups excluding carboxylic acids is 1. The van der Waals surface area contributed by atoms with E-state index in [-0.39, 0.29) is 16.8 Å². The lowest BCUT2D eigenvalue weighted by Gasteiger charge is -2.13. The van der Waals surface area contributed by atoms with Crippen LogP contribution in [-0.4, -0.2) is 12.1 Å². The molecule has 0 spiro atoms. The summed E-state index contributed by atoms with van der Waals surface area (Å²) in [6.45, 7) is 0. The minimum atomic E-state index is -4.86. The quantitative estimate of drug-likeness (QED) is 0.693. The number of nitrogens with two attached hydrogens (primary N) is 1. The molecule has 0 saturated carbocycles. The van der Waals surface area contributed by atoms with Gasteiger partial charge in [0.05, 0.1) is 5.56 Å². The summed E-state index contributed by atoms with van der Waals surface area (Å²) in [5.74, 6) is -1.17. The number of anilines is 1. The second-order valence-electron chi connectivity index (χ2n) is 3.96. The lowest BCUT2D eigenvalue weighted by atomic mass is 10.0. The number of hydrogen-bond donors (Lipinski definition) is 1. The van der Waals surface area contributed by atoms with E-state index in [2.05, 4.69) is 4.74 Å². The van der Waals surface area contributed by atoms with Gasteiger partial charge in [0.25, 0.3) is 0 Å². The smallest absolute Gasteiger partial charge is 0.405 e. The molecule has 2 rings (SSSR count). The molecule has 20 heavy (non-hydrogen) atoms. The van der Waals surface area contributed by atoms with Crippen LogP contribution in [0.1, 0.15) is 15.9 Å².